The van der Waals surface area contributed by atoms with Gasteiger partial charge >= 0.3 is 0 Å². The first-order valence-corrected chi connectivity index (χ1v) is 10.9. The van der Waals surface area contributed by atoms with E-state index in [1.807, 2.05) is 18.2 Å². The van der Waals surface area contributed by atoms with Crippen molar-refractivity contribution in [2.45, 2.75) is 32.6 Å². The number of ether oxygens (including phenoxy) is 3. The Kier molecular flexibility index (Phi) is 5.89. The van der Waals surface area contributed by atoms with E-state index in [1.165, 1.54) is 31.5 Å². The molecule has 0 spiro atoms. The maximum atomic E-state index is 6.22. The number of likely N-dealkylation sites (tertiary alicyclic amines) is 1. The second-order valence-corrected chi connectivity index (χ2v) is 8.59. The molecule has 146 valence electrons. The van der Waals surface area contributed by atoms with Gasteiger partial charge in [-0.05, 0) is 59.3 Å². The predicted octanol–water partition coefficient (Wildman–Crippen LogP) is 5.01. The predicted molar refractivity (Wildman–Crippen MR) is 109 cm³/mol. The van der Waals surface area contributed by atoms with Crippen LogP contribution < -0.4 is 14.2 Å². The zero-order valence-corrected chi connectivity index (χ0v) is 17.0. The third-order valence-electron chi connectivity index (χ3n) is 5.86. The minimum Gasteiger partial charge on any atom is -0.493 e. The van der Waals surface area contributed by atoms with Crippen LogP contribution >= 0.6 is 11.3 Å². The molecule has 1 saturated heterocycles. The zero-order valence-electron chi connectivity index (χ0n) is 16.2. The summed E-state index contributed by atoms with van der Waals surface area (Å²) < 4.78 is 17.1. The molecule has 0 aliphatic carbocycles. The van der Waals surface area contributed by atoms with Crippen molar-refractivity contribution in [1.82, 2.24) is 4.90 Å². The Morgan fingerprint density at radius 2 is 2.15 bits per heavy atom. The lowest BCUT2D eigenvalue weighted by Crippen LogP contribution is -2.43. The van der Waals surface area contributed by atoms with E-state index in [0.29, 0.717) is 18.6 Å². The Balaban J connectivity index is 1.43. The molecule has 1 aromatic heterocycles. The van der Waals surface area contributed by atoms with Crippen molar-refractivity contribution in [1.29, 1.82) is 0 Å². The maximum absolute atomic E-state index is 6.22. The van der Waals surface area contributed by atoms with Gasteiger partial charge in [0.2, 0.25) is 6.79 Å². The highest BCUT2D eigenvalue weighted by Gasteiger charge is 2.31. The molecule has 2 aromatic rings. The average molecular weight is 388 g/mol. The molecule has 3 heterocycles. The molecule has 5 heteroatoms. The summed E-state index contributed by atoms with van der Waals surface area (Å²) in [6.45, 7) is 9.14. The van der Waals surface area contributed by atoms with Crippen molar-refractivity contribution in [3.05, 3.63) is 40.6 Å². The third-order valence-corrected chi connectivity index (χ3v) is 6.57. The number of fused-ring (bicyclic) bond motifs is 1. The highest BCUT2D eigenvalue weighted by molar-refractivity contribution is 7.07. The number of hydrogen-bond acceptors (Lipinski definition) is 5. The second kappa shape index (κ2) is 8.53. The van der Waals surface area contributed by atoms with Crippen LogP contribution in [0.1, 0.15) is 38.2 Å². The Morgan fingerprint density at radius 3 is 2.96 bits per heavy atom. The first-order valence-electron chi connectivity index (χ1n) is 9.99. The van der Waals surface area contributed by atoms with Gasteiger partial charge in [-0.15, -0.1) is 0 Å². The molecule has 3 unspecified atom stereocenters. The molecule has 2 aliphatic rings. The molecule has 0 N–H and O–H groups in total. The molecule has 4 rings (SSSR count). The summed E-state index contributed by atoms with van der Waals surface area (Å²) in [6.07, 6.45) is 2.45. The number of rotatable bonds is 7. The van der Waals surface area contributed by atoms with Gasteiger partial charge < -0.3 is 19.1 Å². The summed E-state index contributed by atoms with van der Waals surface area (Å²) in [6, 6.07) is 8.14. The normalized spacial score (nSPS) is 23.3. The molecule has 2 aliphatic heterocycles. The lowest BCUT2D eigenvalue weighted by molar-refractivity contribution is 0.0999. The summed E-state index contributed by atoms with van der Waals surface area (Å²) in [5.74, 6) is 4.28. The van der Waals surface area contributed by atoms with Crippen LogP contribution in [-0.4, -0.2) is 37.9 Å². The lowest BCUT2D eigenvalue weighted by atomic mass is 9.81. The van der Waals surface area contributed by atoms with Crippen molar-refractivity contribution < 1.29 is 14.2 Å². The fraction of sp³-hybridized carbons (Fsp3) is 0.545. The number of thiophene rings is 1. The van der Waals surface area contributed by atoms with E-state index in [-0.39, 0.29) is 0 Å². The van der Waals surface area contributed by atoms with Crippen LogP contribution in [-0.2, 0) is 0 Å². The van der Waals surface area contributed by atoms with Crippen LogP contribution in [0.15, 0.2) is 35.0 Å². The van der Waals surface area contributed by atoms with Gasteiger partial charge in [0.15, 0.2) is 11.5 Å². The second-order valence-electron chi connectivity index (χ2n) is 7.81. The van der Waals surface area contributed by atoms with Gasteiger partial charge in [0.05, 0.1) is 6.61 Å². The van der Waals surface area contributed by atoms with Crippen LogP contribution in [0.5, 0.6) is 17.2 Å². The van der Waals surface area contributed by atoms with E-state index in [1.54, 1.807) is 11.3 Å². The van der Waals surface area contributed by atoms with E-state index < -0.39 is 0 Å². The van der Waals surface area contributed by atoms with Gasteiger partial charge in [0, 0.05) is 25.1 Å². The van der Waals surface area contributed by atoms with Crippen molar-refractivity contribution in [2.75, 3.05) is 33.0 Å². The molecule has 4 nitrogen and oxygen atoms in total. The molecule has 0 saturated carbocycles. The maximum Gasteiger partial charge on any atom is 0.231 e. The van der Waals surface area contributed by atoms with Crippen molar-refractivity contribution in [3.8, 4) is 17.2 Å². The summed E-state index contributed by atoms with van der Waals surface area (Å²) in [5.41, 5.74) is 1.47. The highest BCUT2D eigenvalue weighted by atomic mass is 32.1. The SMILES string of the molecule is CCC(C)CN1CCC(c2ccsc2)C(COc2ccc3c(c2)OCO3)C1. The molecule has 0 radical (unpaired) electrons. The fourth-order valence-electron chi connectivity index (χ4n) is 4.11. The standard InChI is InChI=1S/C22H29NO3S/c1-3-16(2)11-23-8-6-20(17-7-9-27-14-17)18(12-23)13-24-19-4-5-21-22(10-19)26-15-25-21/h4-5,7,9-10,14,16,18,20H,3,6,8,11-13,15H2,1-2H3. The van der Waals surface area contributed by atoms with Crippen molar-refractivity contribution in [3.63, 3.8) is 0 Å². The van der Waals surface area contributed by atoms with Crippen LogP contribution in [0.4, 0.5) is 0 Å². The van der Waals surface area contributed by atoms with Gasteiger partial charge in [-0.3, -0.25) is 0 Å². The van der Waals surface area contributed by atoms with Gasteiger partial charge in [0.1, 0.15) is 5.75 Å². The number of nitrogens with zero attached hydrogens (tertiary/aromatic N) is 1. The van der Waals surface area contributed by atoms with Gasteiger partial charge in [-0.1, -0.05) is 20.3 Å². The summed E-state index contributed by atoms with van der Waals surface area (Å²) in [4.78, 5) is 2.63. The lowest BCUT2D eigenvalue weighted by Gasteiger charge is -2.39. The van der Waals surface area contributed by atoms with Gasteiger partial charge in [-0.25, -0.2) is 0 Å². The quantitative estimate of drug-likeness (QED) is 0.668. The largest absolute Gasteiger partial charge is 0.493 e. The van der Waals surface area contributed by atoms with Gasteiger partial charge in [-0.2, -0.15) is 11.3 Å². The molecule has 0 amide bonds. The number of benzene rings is 1. The third kappa shape index (κ3) is 4.41. The number of piperidine rings is 1. The highest BCUT2D eigenvalue weighted by Crippen LogP contribution is 2.37. The molecule has 1 aromatic carbocycles. The van der Waals surface area contributed by atoms with Gasteiger partial charge in [0.25, 0.3) is 0 Å². The molecular formula is C22H29NO3S. The average Bonchev–Trinajstić information content (AvgIpc) is 3.37. The van der Waals surface area contributed by atoms with E-state index in [9.17, 15) is 0 Å². The molecule has 1 fully saturated rings. The van der Waals surface area contributed by atoms with Crippen LogP contribution in [0, 0.1) is 11.8 Å². The fourth-order valence-corrected chi connectivity index (χ4v) is 4.83. The van der Waals surface area contributed by atoms with Crippen LogP contribution in [0.2, 0.25) is 0 Å². The monoisotopic (exact) mass is 387 g/mol. The van der Waals surface area contributed by atoms with Crippen LogP contribution in [0.3, 0.4) is 0 Å². The summed E-state index contributed by atoms with van der Waals surface area (Å²) >= 11 is 1.79. The zero-order chi connectivity index (χ0) is 18.6. The van der Waals surface area contributed by atoms with E-state index >= 15 is 0 Å². The Bertz CT molecular complexity index is 733. The van der Waals surface area contributed by atoms with Crippen molar-refractivity contribution in [2.24, 2.45) is 11.8 Å². The minimum atomic E-state index is 0.298. The van der Waals surface area contributed by atoms with E-state index in [0.717, 1.165) is 36.3 Å². The number of hydrogen-bond donors (Lipinski definition) is 0. The Hall–Kier alpha value is -1.72. The Morgan fingerprint density at radius 1 is 1.26 bits per heavy atom. The summed E-state index contributed by atoms with van der Waals surface area (Å²) in [5, 5.41) is 4.50. The molecular weight excluding hydrogens is 358 g/mol. The van der Waals surface area contributed by atoms with Crippen LogP contribution in [0.25, 0.3) is 0 Å². The topological polar surface area (TPSA) is 30.9 Å². The van der Waals surface area contributed by atoms with Crippen molar-refractivity contribution >= 4 is 11.3 Å². The molecule has 27 heavy (non-hydrogen) atoms. The van der Waals surface area contributed by atoms with E-state index in [2.05, 4.69) is 35.6 Å². The summed E-state index contributed by atoms with van der Waals surface area (Å²) in [7, 11) is 0. The Labute approximate surface area is 166 Å². The van der Waals surface area contributed by atoms with E-state index in [4.69, 9.17) is 14.2 Å². The molecule has 3 atom stereocenters. The first-order chi connectivity index (χ1) is 13.2. The smallest absolute Gasteiger partial charge is 0.231 e. The molecule has 0 bridgehead atoms. The minimum absolute atomic E-state index is 0.298. The first kappa shape index (κ1) is 18.6.